The fraction of sp³-hybridized carbons (Fsp3) is 0. The molecule has 0 fully saturated rings. The Morgan fingerprint density at radius 3 is 2.92 bits per heavy atom. The molecule has 2 aromatic rings. The Morgan fingerprint density at radius 1 is 1.54 bits per heavy atom. The molecule has 0 radical (unpaired) electrons. The Kier molecular flexibility index (Phi) is 3.02. The van der Waals surface area contributed by atoms with Crippen molar-refractivity contribution in [2.45, 2.75) is 0 Å². The van der Waals surface area contributed by atoms with Crippen LogP contribution >= 0.6 is 0 Å². The first kappa shape index (κ1) is 10.2. The van der Waals surface area contributed by atoms with Crippen LogP contribution in [0.4, 0.5) is 0 Å². The maximum atomic E-state index is 10.3. The number of hydrogen-bond donors (Lipinski definition) is 1. The predicted molar refractivity (Wildman–Crippen MR) is 38.2 cm³/mol. The Hall–Kier alpha value is -0.910. The zero-order chi connectivity index (χ0) is 8.55. The second kappa shape index (κ2) is 3.87. The fourth-order valence-corrected chi connectivity index (χ4v) is 0.954. The molecule has 0 aliphatic carbocycles. The third-order valence-electron chi connectivity index (χ3n) is 1.48. The fourth-order valence-electron chi connectivity index (χ4n) is 0.954. The van der Waals surface area contributed by atoms with Gasteiger partial charge < -0.3 is 14.9 Å². The summed E-state index contributed by atoms with van der Waals surface area (Å²) in [7, 11) is 0. The van der Waals surface area contributed by atoms with Gasteiger partial charge in [0.25, 0.3) is 0 Å². The third-order valence-corrected chi connectivity index (χ3v) is 1.48. The quantitative estimate of drug-likeness (QED) is 0.464. The Labute approximate surface area is 95.5 Å². The van der Waals surface area contributed by atoms with Crippen LogP contribution in [0.15, 0.2) is 18.5 Å². The van der Waals surface area contributed by atoms with E-state index in [4.69, 9.17) is 0 Å². The number of imidazole rings is 1. The molecule has 0 bridgehead atoms. The van der Waals surface area contributed by atoms with E-state index in [9.17, 15) is 9.90 Å². The maximum Gasteiger partial charge on any atom is 1.00 e. The second-order valence-electron chi connectivity index (χ2n) is 2.27. The smallest absolute Gasteiger partial charge is 0.542 e. The first-order chi connectivity index (χ1) is 5.77. The molecule has 0 spiro atoms. The number of hydrogen-bond acceptors (Lipinski definition) is 4. The van der Waals surface area contributed by atoms with Crippen LogP contribution in [0.1, 0.15) is 10.6 Å². The largest absolute Gasteiger partial charge is 1.00 e. The summed E-state index contributed by atoms with van der Waals surface area (Å²) in [5.41, 5.74) is 1.17. The molecule has 0 amide bonds. The van der Waals surface area contributed by atoms with Gasteiger partial charge in [-0.2, -0.15) is 0 Å². The number of rotatable bonds is 1. The minimum absolute atomic E-state index is 0. The van der Waals surface area contributed by atoms with Crippen LogP contribution in [0.25, 0.3) is 11.0 Å². The van der Waals surface area contributed by atoms with Gasteiger partial charge in [0.05, 0.1) is 17.2 Å². The summed E-state index contributed by atoms with van der Waals surface area (Å²) in [6.07, 6.45) is 3.05. The molecule has 0 atom stereocenters. The van der Waals surface area contributed by atoms with Crippen molar-refractivity contribution in [1.29, 1.82) is 0 Å². The zero-order valence-electron chi connectivity index (χ0n) is 6.94. The summed E-state index contributed by atoms with van der Waals surface area (Å²) in [4.78, 5) is 20.5. The molecule has 13 heavy (non-hydrogen) atoms. The molecule has 0 aromatic carbocycles. The van der Waals surface area contributed by atoms with E-state index in [1.165, 1.54) is 6.20 Å². The summed E-state index contributed by atoms with van der Waals surface area (Å²) in [6.45, 7) is 0. The average Bonchev–Trinajstić information content (AvgIpc) is 2.46. The standard InChI is InChI=1S/C7H5N3O2.Na/c11-7(12)6-9-4-1-2-8-3-5(4)10-6;/h1-3H,(H,9,10)(H,11,12);/q;+1/p-1. The van der Waals surface area contributed by atoms with Gasteiger partial charge in [0, 0.05) is 6.20 Å². The molecule has 2 heterocycles. The van der Waals surface area contributed by atoms with Gasteiger partial charge in [0.1, 0.15) is 5.97 Å². The van der Waals surface area contributed by atoms with E-state index in [2.05, 4.69) is 15.0 Å². The Bertz CT molecular complexity index is 407. The molecule has 0 saturated heterocycles. The number of carboxylic acids is 1. The molecule has 0 saturated carbocycles. The van der Waals surface area contributed by atoms with Crippen molar-refractivity contribution in [1.82, 2.24) is 15.0 Å². The Balaban J connectivity index is 0.000000845. The summed E-state index contributed by atoms with van der Waals surface area (Å²) in [5, 5.41) is 10.3. The maximum absolute atomic E-state index is 10.3. The Morgan fingerprint density at radius 2 is 2.31 bits per heavy atom. The van der Waals surface area contributed by atoms with E-state index in [1.54, 1.807) is 12.3 Å². The number of fused-ring (bicyclic) bond motifs is 1. The summed E-state index contributed by atoms with van der Waals surface area (Å²) in [5.74, 6) is -1.48. The minimum atomic E-state index is -1.31. The van der Waals surface area contributed by atoms with E-state index in [0.29, 0.717) is 11.0 Å². The zero-order valence-corrected chi connectivity index (χ0v) is 8.94. The number of pyridine rings is 1. The molecular formula is C7H4N3NaO2. The van der Waals surface area contributed by atoms with Crippen molar-refractivity contribution in [3.05, 3.63) is 24.3 Å². The van der Waals surface area contributed by atoms with Crippen LogP contribution in [0.3, 0.4) is 0 Å². The normalized spacial score (nSPS) is 9.54. The van der Waals surface area contributed by atoms with Crippen molar-refractivity contribution in [2.24, 2.45) is 0 Å². The van der Waals surface area contributed by atoms with Gasteiger partial charge in [0.15, 0.2) is 5.82 Å². The first-order valence-corrected chi connectivity index (χ1v) is 3.28. The molecule has 2 rings (SSSR count). The van der Waals surface area contributed by atoms with Crippen LogP contribution in [0.5, 0.6) is 0 Å². The van der Waals surface area contributed by atoms with E-state index in [-0.39, 0.29) is 35.4 Å². The molecule has 5 nitrogen and oxygen atoms in total. The minimum Gasteiger partial charge on any atom is -0.542 e. The second-order valence-corrected chi connectivity index (χ2v) is 2.27. The van der Waals surface area contributed by atoms with E-state index >= 15 is 0 Å². The van der Waals surface area contributed by atoms with Crippen LogP contribution < -0.4 is 34.7 Å². The molecule has 0 aliphatic rings. The van der Waals surface area contributed by atoms with Gasteiger partial charge in [-0.1, -0.05) is 0 Å². The number of nitrogens with zero attached hydrogens (tertiary/aromatic N) is 2. The SMILES string of the molecule is O=C([O-])c1nc2ccncc2[nH]1.[Na+]. The molecule has 6 heteroatoms. The average molecular weight is 185 g/mol. The predicted octanol–water partition coefficient (Wildman–Crippen LogP) is -3.67. The number of aromatic nitrogens is 3. The van der Waals surface area contributed by atoms with Gasteiger partial charge in [-0.3, -0.25) is 4.98 Å². The molecular weight excluding hydrogens is 181 g/mol. The number of carbonyl (C=O) groups is 1. The van der Waals surface area contributed by atoms with E-state index in [1.807, 2.05) is 0 Å². The topological polar surface area (TPSA) is 81.7 Å². The van der Waals surface area contributed by atoms with Crippen molar-refractivity contribution in [3.63, 3.8) is 0 Å². The summed E-state index contributed by atoms with van der Waals surface area (Å²) < 4.78 is 0. The van der Waals surface area contributed by atoms with Crippen LogP contribution in [0.2, 0.25) is 0 Å². The van der Waals surface area contributed by atoms with Crippen molar-refractivity contribution in [3.8, 4) is 0 Å². The molecule has 0 aliphatic heterocycles. The van der Waals surface area contributed by atoms with Gasteiger partial charge in [-0.05, 0) is 6.07 Å². The van der Waals surface area contributed by atoms with Gasteiger partial charge in [0.2, 0.25) is 0 Å². The van der Waals surface area contributed by atoms with E-state index in [0.717, 1.165) is 0 Å². The monoisotopic (exact) mass is 185 g/mol. The van der Waals surface area contributed by atoms with Crippen LogP contribution in [-0.4, -0.2) is 20.9 Å². The number of aromatic amines is 1. The number of nitrogens with one attached hydrogen (secondary N) is 1. The molecule has 0 unspecified atom stereocenters. The summed E-state index contributed by atoms with van der Waals surface area (Å²) in [6, 6.07) is 1.62. The number of carbonyl (C=O) groups excluding carboxylic acids is 1. The molecule has 60 valence electrons. The van der Waals surface area contributed by atoms with Crippen molar-refractivity contribution < 1.29 is 39.5 Å². The van der Waals surface area contributed by atoms with Crippen LogP contribution in [0, 0.1) is 0 Å². The number of H-pyrrole nitrogens is 1. The number of carboxylic acid groups (broad SMARTS) is 1. The van der Waals surface area contributed by atoms with Crippen molar-refractivity contribution in [2.75, 3.05) is 0 Å². The van der Waals surface area contributed by atoms with Gasteiger partial charge in [-0.15, -0.1) is 0 Å². The van der Waals surface area contributed by atoms with Gasteiger partial charge in [-0.25, -0.2) is 4.98 Å². The molecule has 2 aromatic heterocycles. The molecule has 1 N–H and O–H groups in total. The van der Waals surface area contributed by atoms with Gasteiger partial charge >= 0.3 is 29.6 Å². The van der Waals surface area contributed by atoms with E-state index < -0.39 is 5.97 Å². The third kappa shape index (κ3) is 1.88. The summed E-state index contributed by atoms with van der Waals surface area (Å²) >= 11 is 0. The van der Waals surface area contributed by atoms with Crippen LogP contribution in [-0.2, 0) is 0 Å². The number of aromatic carboxylic acids is 1. The first-order valence-electron chi connectivity index (χ1n) is 3.28. The van der Waals surface area contributed by atoms with Crippen molar-refractivity contribution >= 4 is 17.0 Å².